The number of hydrogen-bond donors (Lipinski definition) is 0. The van der Waals surface area contributed by atoms with Crippen LogP contribution in [0.15, 0.2) is 18.2 Å². The van der Waals surface area contributed by atoms with Gasteiger partial charge in [0.05, 0.1) is 11.3 Å². The molecule has 0 N–H and O–H groups in total. The average molecular weight is 202 g/mol. The van der Waals surface area contributed by atoms with Gasteiger partial charge in [0.15, 0.2) is 0 Å². The molecular formula is C13H18N2. The molecule has 0 unspecified atom stereocenters. The summed E-state index contributed by atoms with van der Waals surface area (Å²) in [5.41, 5.74) is 2.99. The highest BCUT2D eigenvalue weighted by molar-refractivity contribution is 5.63. The van der Waals surface area contributed by atoms with Crippen LogP contribution in [-0.2, 0) is 0 Å². The fourth-order valence-electron chi connectivity index (χ4n) is 1.89. The quantitative estimate of drug-likeness (QED) is 0.753. The second-order valence-electron chi connectivity index (χ2n) is 4.36. The third-order valence-corrected chi connectivity index (χ3v) is 2.38. The molecule has 0 aromatic heterocycles. The summed E-state index contributed by atoms with van der Waals surface area (Å²) >= 11 is 0. The Morgan fingerprint density at radius 2 is 2.07 bits per heavy atom. The van der Waals surface area contributed by atoms with Crippen LogP contribution in [0, 0.1) is 24.2 Å². The molecule has 0 amide bonds. The fraction of sp³-hybridized carbons (Fsp3) is 0.462. The highest BCUT2D eigenvalue weighted by Crippen LogP contribution is 2.24. The largest absolute Gasteiger partial charge is 0.373 e. The van der Waals surface area contributed by atoms with Crippen molar-refractivity contribution in [3.05, 3.63) is 29.3 Å². The van der Waals surface area contributed by atoms with Crippen molar-refractivity contribution in [2.24, 2.45) is 5.92 Å². The van der Waals surface area contributed by atoms with E-state index in [1.807, 2.05) is 32.2 Å². The first kappa shape index (κ1) is 11.6. The van der Waals surface area contributed by atoms with Crippen molar-refractivity contribution in [1.29, 1.82) is 5.26 Å². The topological polar surface area (TPSA) is 27.0 Å². The minimum atomic E-state index is 0.598. The number of aryl methyl sites for hydroxylation is 1. The van der Waals surface area contributed by atoms with E-state index in [1.54, 1.807) is 0 Å². The molecule has 1 aromatic carbocycles. The first-order chi connectivity index (χ1) is 7.06. The Morgan fingerprint density at radius 3 is 2.60 bits per heavy atom. The van der Waals surface area contributed by atoms with Crippen molar-refractivity contribution in [3.8, 4) is 6.07 Å². The lowest BCUT2D eigenvalue weighted by molar-refractivity contribution is 0.637. The molecule has 80 valence electrons. The number of nitrogens with zero attached hydrogens (tertiary/aromatic N) is 2. The van der Waals surface area contributed by atoms with E-state index in [1.165, 1.54) is 0 Å². The average Bonchev–Trinajstić information content (AvgIpc) is 2.15. The number of nitriles is 1. The Hall–Kier alpha value is -1.49. The van der Waals surface area contributed by atoms with E-state index in [2.05, 4.69) is 24.8 Å². The second kappa shape index (κ2) is 4.84. The predicted octanol–water partition coefficient (Wildman–Crippen LogP) is 2.96. The third kappa shape index (κ3) is 2.73. The van der Waals surface area contributed by atoms with Gasteiger partial charge in [-0.15, -0.1) is 0 Å². The number of hydrogen-bond acceptors (Lipinski definition) is 2. The molecule has 0 heterocycles. The molecule has 0 bridgehead atoms. The van der Waals surface area contributed by atoms with Gasteiger partial charge in [0, 0.05) is 13.6 Å². The van der Waals surface area contributed by atoms with Crippen LogP contribution in [0.4, 0.5) is 5.69 Å². The zero-order valence-electron chi connectivity index (χ0n) is 9.91. The highest BCUT2D eigenvalue weighted by atomic mass is 15.1. The minimum Gasteiger partial charge on any atom is -0.373 e. The lowest BCUT2D eigenvalue weighted by atomic mass is 10.1. The van der Waals surface area contributed by atoms with Crippen molar-refractivity contribution in [1.82, 2.24) is 0 Å². The summed E-state index contributed by atoms with van der Waals surface area (Å²) in [5.74, 6) is 0.598. The second-order valence-corrected chi connectivity index (χ2v) is 4.36. The van der Waals surface area contributed by atoms with Gasteiger partial charge in [0.1, 0.15) is 6.07 Å². The van der Waals surface area contributed by atoms with Crippen molar-refractivity contribution in [3.63, 3.8) is 0 Å². The van der Waals surface area contributed by atoms with Gasteiger partial charge in [0.2, 0.25) is 0 Å². The predicted molar refractivity (Wildman–Crippen MR) is 64.0 cm³/mol. The lowest BCUT2D eigenvalue weighted by Crippen LogP contribution is -2.24. The van der Waals surface area contributed by atoms with Crippen molar-refractivity contribution >= 4 is 5.69 Å². The standard InChI is InChI=1S/C13H18N2/c1-10(2)9-15(4)13-11(3)6-5-7-12(13)8-14/h5-7,10H,9H2,1-4H3. The number of rotatable bonds is 3. The van der Waals surface area contributed by atoms with E-state index >= 15 is 0 Å². The number of anilines is 1. The lowest BCUT2D eigenvalue weighted by Gasteiger charge is -2.24. The van der Waals surface area contributed by atoms with Crippen LogP contribution in [0.25, 0.3) is 0 Å². The molecule has 0 aliphatic rings. The van der Waals surface area contributed by atoms with Gasteiger partial charge in [0.25, 0.3) is 0 Å². The van der Waals surface area contributed by atoms with E-state index in [4.69, 9.17) is 5.26 Å². The van der Waals surface area contributed by atoms with E-state index in [0.29, 0.717) is 5.92 Å². The fourth-order valence-corrected chi connectivity index (χ4v) is 1.89. The van der Waals surface area contributed by atoms with E-state index in [-0.39, 0.29) is 0 Å². The first-order valence-electron chi connectivity index (χ1n) is 5.27. The molecule has 0 atom stereocenters. The monoisotopic (exact) mass is 202 g/mol. The molecule has 15 heavy (non-hydrogen) atoms. The molecular weight excluding hydrogens is 184 g/mol. The maximum Gasteiger partial charge on any atom is 0.101 e. The molecule has 0 saturated heterocycles. The Bertz CT molecular complexity index is 375. The van der Waals surface area contributed by atoms with Crippen LogP contribution in [0.5, 0.6) is 0 Å². The van der Waals surface area contributed by atoms with Crippen LogP contribution < -0.4 is 4.90 Å². The van der Waals surface area contributed by atoms with Crippen LogP contribution in [0.1, 0.15) is 25.0 Å². The first-order valence-corrected chi connectivity index (χ1v) is 5.27. The van der Waals surface area contributed by atoms with Gasteiger partial charge in [-0.3, -0.25) is 0 Å². The van der Waals surface area contributed by atoms with Gasteiger partial charge in [-0.1, -0.05) is 26.0 Å². The number of benzene rings is 1. The number of para-hydroxylation sites is 1. The Kier molecular flexibility index (Phi) is 3.74. The van der Waals surface area contributed by atoms with E-state index < -0.39 is 0 Å². The molecule has 0 aliphatic carbocycles. The van der Waals surface area contributed by atoms with Gasteiger partial charge >= 0.3 is 0 Å². The molecule has 2 heteroatoms. The van der Waals surface area contributed by atoms with Crippen LogP contribution in [-0.4, -0.2) is 13.6 Å². The molecule has 1 rings (SSSR count). The summed E-state index contributed by atoms with van der Waals surface area (Å²) in [6.45, 7) is 7.38. The van der Waals surface area contributed by atoms with Crippen molar-refractivity contribution < 1.29 is 0 Å². The molecule has 0 fully saturated rings. The maximum atomic E-state index is 9.05. The summed E-state index contributed by atoms with van der Waals surface area (Å²) < 4.78 is 0. The Morgan fingerprint density at radius 1 is 1.40 bits per heavy atom. The molecule has 1 aromatic rings. The van der Waals surface area contributed by atoms with Gasteiger partial charge in [-0.2, -0.15) is 5.26 Å². The smallest absolute Gasteiger partial charge is 0.101 e. The van der Waals surface area contributed by atoms with Gasteiger partial charge in [-0.05, 0) is 24.5 Å². The van der Waals surface area contributed by atoms with Crippen LogP contribution >= 0.6 is 0 Å². The highest BCUT2D eigenvalue weighted by Gasteiger charge is 2.10. The maximum absolute atomic E-state index is 9.05. The van der Waals surface area contributed by atoms with E-state index in [9.17, 15) is 0 Å². The summed E-state index contributed by atoms with van der Waals surface area (Å²) in [6, 6.07) is 8.10. The summed E-state index contributed by atoms with van der Waals surface area (Å²) in [6.07, 6.45) is 0. The van der Waals surface area contributed by atoms with Crippen LogP contribution in [0.2, 0.25) is 0 Å². The summed E-state index contributed by atoms with van der Waals surface area (Å²) in [5, 5.41) is 9.05. The normalized spacial score (nSPS) is 10.1. The Labute approximate surface area is 92.1 Å². The SMILES string of the molecule is Cc1cccc(C#N)c1N(C)CC(C)C. The molecule has 0 radical (unpaired) electrons. The molecule has 2 nitrogen and oxygen atoms in total. The zero-order chi connectivity index (χ0) is 11.4. The molecule has 0 spiro atoms. The van der Waals surface area contributed by atoms with Gasteiger partial charge in [-0.25, -0.2) is 0 Å². The van der Waals surface area contributed by atoms with Crippen molar-refractivity contribution in [2.75, 3.05) is 18.5 Å². The zero-order valence-corrected chi connectivity index (χ0v) is 9.91. The minimum absolute atomic E-state index is 0.598. The van der Waals surface area contributed by atoms with Crippen LogP contribution in [0.3, 0.4) is 0 Å². The third-order valence-electron chi connectivity index (χ3n) is 2.38. The molecule has 0 aliphatic heterocycles. The van der Waals surface area contributed by atoms with E-state index in [0.717, 1.165) is 23.4 Å². The molecule has 0 saturated carbocycles. The summed E-state index contributed by atoms with van der Waals surface area (Å²) in [7, 11) is 2.04. The Balaban J connectivity index is 3.07. The van der Waals surface area contributed by atoms with Gasteiger partial charge < -0.3 is 4.90 Å². The summed E-state index contributed by atoms with van der Waals surface area (Å²) in [4.78, 5) is 2.17. The van der Waals surface area contributed by atoms with Crippen molar-refractivity contribution in [2.45, 2.75) is 20.8 Å².